The minimum absolute atomic E-state index is 0.0997. The molecule has 0 aromatic heterocycles. The van der Waals surface area contributed by atoms with Gasteiger partial charge in [-0.1, -0.05) is 36.8 Å². The molecule has 0 unspecified atom stereocenters. The molecule has 0 bridgehead atoms. The molecular weight excluding hydrogens is 234 g/mol. The maximum atomic E-state index is 11.9. The van der Waals surface area contributed by atoms with Gasteiger partial charge in [-0.05, 0) is 24.9 Å². The highest BCUT2D eigenvalue weighted by Gasteiger charge is 2.56. The minimum atomic E-state index is -2.97. The third-order valence-corrected chi connectivity index (χ3v) is 5.92. The molecule has 0 aliphatic heterocycles. The Bertz CT molecular complexity index is 493. The first-order chi connectivity index (χ1) is 8.01. The molecule has 0 saturated heterocycles. The van der Waals surface area contributed by atoms with Crippen LogP contribution in [0, 0.1) is 12.8 Å². The summed E-state index contributed by atoms with van der Waals surface area (Å²) >= 11 is 0. The number of nitrogens with two attached hydrogens (primary N) is 1. The first-order valence-corrected chi connectivity index (χ1v) is 7.71. The van der Waals surface area contributed by atoms with E-state index in [0.717, 1.165) is 5.56 Å². The summed E-state index contributed by atoms with van der Waals surface area (Å²) in [5.74, 6) is 0.407. The van der Waals surface area contributed by atoms with Crippen molar-refractivity contribution in [2.75, 3.05) is 12.3 Å². The lowest BCUT2D eigenvalue weighted by Crippen LogP contribution is -2.15. The molecule has 2 rings (SSSR count). The number of hydrogen-bond acceptors (Lipinski definition) is 3. The van der Waals surface area contributed by atoms with Gasteiger partial charge in [-0.3, -0.25) is 0 Å². The summed E-state index contributed by atoms with van der Waals surface area (Å²) in [6.45, 7) is 4.17. The monoisotopic (exact) mass is 253 g/mol. The van der Waals surface area contributed by atoms with Crippen molar-refractivity contribution in [2.24, 2.45) is 11.7 Å². The van der Waals surface area contributed by atoms with E-state index >= 15 is 0 Å². The van der Waals surface area contributed by atoms with E-state index in [1.165, 1.54) is 5.56 Å². The average molecular weight is 253 g/mol. The second-order valence-electron chi connectivity index (χ2n) is 4.75. The van der Waals surface area contributed by atoms with Gasteiger partial charge >= 0.3 is 0 Å². The van der Waals surface area contributed by atoms with Crippen LogP contribution < -0.4 is 5.73 Å². The van der Waals surface area contributed by atoms with E-state index in [4.69, 9.17) is 5.73 Å². The average Bonchev–Trinajstić information content (AvgIpc) is 3.05. The zero-order valence-corrected chi connectivity index (χ0v) is 11.1. The summed E-state index contributed by atoms with van der Waals surface area (Å²) in [5, 5.41) is -0.264. The van der Waals surface area contributed by atoms with Crippen molar-refractivity contribution in [1.29, 1.82) is 0 Å². The van der Waals surface area contributed by atoms with Crippen LogP contribution in [0.1, 0.15) is 24.0 Å². The van der Waals surface area contributed by atoms with Crippen LogP contribution in [0.2, 0.25) is 0 Å². The highest BCUT2D eigenvalue weighted by molar-refractivity contribution is 7.92. The maximum absolute atomic E-state index is 11.9. The second kappa shape index (κ2) is 4.42. The lowest BCUT2D eigenvalue weighted by atomic mass is 10.1. The fourth-order valence-corrected chi connectivity index (χ4v) is 4.44. The van der Waals surface area contributed by atoms with Crippen LogP contribution >= 0.6 is 0 Å². The molecule has 4 heteroatoms. The molecule has 0 heterocycles. The predicted molar refractivity (Wildman–Crippen MR) is 69.7 cm³/mol. The minimum Gasteiger partial charge on any atom is -0.330 e. The van der Waals surface area contributed by atoms with E-state index in [0.29, 0.717) is 6.54 Å². The van der Waals surface area contributed by atoms with Gasteiger partial charge in [0, 0.05) is 11.7 Å². The summed E-state index contributed by atoms with van der Waals surface area (Å²) in [5.41, 5.74) is 7.96. The quantitative estimate of drug-likeness (QED) is 0.884. The summed E-state index contributed by atoms with van der Waals surface area (Å²) in [6.07, 6.45) is 0. The number of rotatable bonds is 4. The van der Waals surface area contributed by atoms with Crippen molar-refractivity contribution in [3.63, 3.8) is 0 Å². The molecule has 1 aliphatic rings. The van der Waals surface area contributed by atoms with Crippen molar-refractivity contribution in [3.05, 3.63) is 35.4 Å². The van der Waals surface area contributed by atoms with Crippen LogP contribution in [0.3, 0.4) is 0 Å². The SMILES string of the molecule is CCS(=O)(=O)[C@@H]1[C@H](CN)[C@@H]1c1ccc(C)cc1. The van der Waals surface area contributed by atoms with Gasteiger partial charge < -0.3 is 5.73 Å². The zero-order chi connectivity index (χ0) is 12.6. The molecule has 1 fully saturated rings. The number of sulfone groups is 1. The molecule has 2 N–H and O–H groups in total. The third kappa shape index (κ3) is 2.24. The molecule has 1 aromatic rings. The van der Waals surface area contributed by atoms with Crippen LogP contribution in [-0.2, 0) is 9.84 Å². The Hall–Kier alpha value is -0.870. The van der Waals surface area contributed by atoms with Crippen LogP contribution in [0.5, 0.6) is 0 Å². The summed E-state index contributed by atoms with van der Waals surface area (Å²) in [4.78, 5) is 0. The molecule has 3 atom stereocenters. The summed E-state index contributed by atoms with van der Waals surface area (Å²) < 4.78 is 23.9. The highest BCUT2D eigenvalue weighted by Crippen LogP contribution is 2.51. The predicted octanol–water partition coefficient (Wildman–Crippen LogP) is 1.47. The molecule has 1 aliphatic carbocycles. The second-order valence-corrected chi connectivity index (χ2v) is 7.20. The van der Waals surface area contributed by atoms with Crippen molar-refractivity contribution in [2.45, 2.75) is 25.0 Å². The molecular formula is C13H19NO2S. The van der Waals surface area contributed by atoms with E-state index in [-0.39, 0.29) is 22.8 Å². The van der Waals surface area contributed by atoms with Crippen LogP contribution in [-0.4, -0.2) is 26.0 Å². The fraction of sp³-hybridized carbons (Fsp3) is 0.538. The summed E-state index contributed by atoms with van der Waals surface area (Å²) in [7, 11) is -2.97. The molecule has 0 radical (unpaired) electrons. The van der Waals surface area contributed by atoms with Crippen LogP contribution in [0.4, 0.5) is 0 Å². The molecule has 17 heavy (non-hydrogen) atoms. The Balaban J connectivity index is 2.26. The first kappa shape index (κ1) is 12.6. The van der Waals surface area contributed by atoms with E-state index in [1.807, 2.05) is 31.2 Å². The van der Waals surface area contributed by atoms with Gasteiger partial charge in [0.2, 0.25) is 0 Å². The van der Waals surface area contributed by atoms with Crippen LogP contribution in [0.15, 0.2) is 24.3 Å². The van der Waals surface area contributed by atoms with Gasteiger partial charge in [-0.2, -0.15) is 0 Å². The third-order valence-electron chi connectivity index (χ3n) is 3.65. The van der Waals surface area contributed by atoms with Crippen molar-refractivity contribution in [3.8, 4) is 0 Å². The van der Waals surface area contributed by atoms with Gasteiger partial charge in [-0.15, -0.1) is 0 Å². The van der Waals surface area contributed by atoms with E-state index in [1.54, 1.807) is 6.92 Å². The molecule has 0 spiro atoms. The zero-order valence-electron chi connectivity index (χ0n) is 10.3. The van der Waals surface area contributed by atoms with Crippen molar-refractivity contribution in [1.82, 2.24) is 0 Å². The van der Waals surface area contributed by atoms with E-state index in [9.17, 15) is 8.42 Å². The fourth-order valence-electron chi connectivity index (χ4n) is 2.53. The Kier molecular flexibility index (Phi) is 3.27. The lowest BCUT2D eigenvalue weighted by Gasteiger charge is -2.01. The Morgan fingerprint density at radius 2 is 1.82 bits per heavy atom. The molecule has 94 valence electrons. The number of hydrogen-bond donors (Lipinski definition) is 1. The van der Waals surface area contributed by atoms with Crippen molar-refractivity contribution < 1.29 is 8.42 Å². The molecule has 1 aromatic carbocycles. The number of aryl methyl sites for hydroxylation is 1. The summed E-state index contributed by atoms with van der Waals surface area (Å²) in [6, 6.07) is 8.09. The smallest absolute Gasteiger partial charge is 0.153 e. The highest BCUT2D eigenvalue weighted by atomic mass is 32.2. The Morgan fingerprint density at radius 3 is 2.29 bits per heavy atom. The largest absolute Gasteiger partial charge is 0.330 e. The van der Waals surface area contributed by atoms with Crippen LogP contribution in [0.25, 0.3) is 0 Å². The van der Waals surface area contributed by atoms with Crippen molar-refractivity contribution >= 4 is 9.84 Å². The molecule has 1 saturated carbocycles. The van der Waals surface area contributed by atoms with Gasteiger partial charge in [0.25, 0.3) is 0 Å². The van der Waals surface area contributed by atoms with Gasteiger partial charge in [0.05, 0.1) is 5.25 Å². The Labute approximate surface area is 103 Å². The maximum Gasteiger partial charge on any atom is 0.153 e. The van der Waals surface area contributed by atoms with Gasteiger partial charge in [0.1, 0.15) is 0 Å². The molecule has 0 amide bonds. The van der Waals surface area contributed by atoms with Gasteiger partial charge in [-0.25, -0.2) is 8.42 Å². The van der Waals surface area contributed by atoms with E-state index in [2.05, 4.69) is 0 Å². The normalized spacial score (nSPS) is 28.1. The molecule has 3 nitrogen and oxygen atoms in total. The van der Waals surface area contributed by atoms with E-state index < -0.39 is 9.84 Å². The first-order valence-electron chi connectivity index (χ1n) is 5.99. The topological polar surface area (TPSA) is 60.2 Å². The van der Waals surface area contributed by atoms with Gasteiger partial charge in [0.15, 0.2) is 9.84 Å². The number of benzene rings is 1. The standard InChI is InChI=1S/C13H19NO2S/c1-3-17(15,16)13-11(8-14)12(13)10-6-4-9(2)5-7-10/h4-7,11-13H,3,8,14H2,1-2H3/t11-,12+,13-/m1/s1. The Morgan fingerprint density at radius 1 is 1.24 bits per heavy atom. The lowest BCUT2D eigenvalue weighted by molar-refractivity contribution is 0.593.